The molecule has 0 aromatic carbocycles. The molecule has 0 spiro atoms. The van der Waals surface area contributed by atoms with Gasteiger partial charge in [0.15, 0.2) is 0 Å². The van der Waals surface area contributed by atoms with Crippen LogP contribution < -0.4 is 5.73 Å². The van der Waals surface area contributed by atoms with E-state index in [-0.39, 0.29) is 0 Å². The molecule has 1 aromatic rings. The van der Waals surface area contributed by atoms with Gasteiger partial charge in [-0.1, -0.05) is 25.7 Å². The topological polar surface area (TPSA) is 43.8 Å². The van der Waals surface area contributed by atoms with E-state index in [0.29, 0.717) is 6.04 Å². The maximum Gasteiger partial charge on any atom is 0.0628 e. The van der Waals surface area contributed by atoms with Crippen LogP contribution in [0.4, 0.5) is 0 Å². The van der Waals surface area contributed by atoms with Crippen LogP contribution in [0, 0.1) is 19.8 Å². The number of aromatic nitrogens is 2. The molecule has 1 aliphatic carbocycles. The van der Waals surface area contributed by atoms with Gasteiger partial charge in [-0.2, -0.15) is 5.10 Å². The molecule has 18 heavy (non-hydrogen) atoms. The zero-order chi connectivity index (χ0) is 13.1. The second-order valence-corrected chi connectivity index (χ2v) is 5.96. The fourth-order valence-corrected chi connectivity index (χ4v) is 3.30. The van der Waals surface area contributed by atoms with Gasteiger partial charge in [-0.05, 0) is 44.6 Å². The lowest BCUT2D eigenvalue weighted by Gasteiger charge is -2.16. The van der Waals surface area contributed by atoms with Crippen molar-refractivity contribution < 1.29 is 0 Å². The number of hydrogen-bond donors (Lipinski definition) is 1. The first-order valence-electron chi connectivity index (χ1n) is 7.32. The van der Waals surface area contributed by atoms with E-state index in [1.807, 2.05) is 11.7 Å². The van der Waals surface area contributed by atoms with Crippen molar-refractivity contribution in [3.63, 3.8) is 0 Å². The largest absolute Gasteiger partial charge is 0.328 e. The third-order valence-corrected chi connectivity index (χ3v) is 4.53. The highest BCUT2D eigenvalue weighted by Crippen LogP contribution is 2.29. The van der Waals surface area contributed by atoms with Crippen molar-refractivity contribution in [2.75, 3.05) is 0 Å². The summed E-state index contributed by atoms with van der Waals surface area (Å²) in [5.74, 6) is 0.899. The Labute approximate surface area is 111 Å². The minimum Gasteiger partial charge on any atom is -0.328 e. The molecule has 0 radical (unpaired) electrons. The first kappa shape index (κ1) is 13.6. The predicted molar refractivity (Wildman–Crippen MR) is 75.6 cm³/mol. The second-order valence-electron chi connectivity index (χ2n) is 5.96. The Morgan fingerprint density at radius 2 is 2.00 bits per heavy atom. The number of nitrogens with zero attached hydrogens (tertiary/aromatic N) is 2. The van der Waals surface area contributed by atoms with E-state index >= 15 is 0 Å². The number of rotatable bonds is 5. The molecule has 2 N–H and O–H groups in total. The Hall–Kier alpha value is -0.830. The van der Waals surface area contributed by atoms with Gasteiger partial charge in [0.1, 0.15) is 0 Å². The molecule has 1 aromatic heterocycles. The standard InChI is InChI=1S/C15H27N3/c1-11-15(12(2)18(3)17-11)9-8-14(16)10-13-6-4-5-7-13/h13-14H,4-10,16H2,1-3H3. The van der Waals surface area contributed by atoms with E-state index in [0.717, 1.165) is 18.8 Å². The minimum absolute atomic E-state index is 0.368. The van der Waals surface area contributed by atoms with Gasteiger partial charge >= 0.3 is 0 Å². The molecule has 0 saturated heterocycles. The number of hydrogen-bond acceptors (Lipinski definition) is 2. The quantitative estimate of drug-likeness (QED) is 0.872. The van der Waals surface area contributed by atoms with Crippen LogP contribution >= 0.6 is 0 Å². The van der Waals surface area contributed by atoms with Crippen molar-refractivity contribution in [3.05, 3.63) is 17.0 Å². The Morgan fingerprint density at radius 3 is 2.56 bits per heavy atom. The lowest BCUT2D eigenvalue weighted by Crippen LogP contribution is -2.23. The molecule has 102 valence electrons. The van der Waals surface area contributed by atoms with E-state index in [9.17, 15) is 0 Å². The van der Waals surface area contributed by atoms with Gasteiger partial charge in [-0.15, -0.1) is 0 Å². The van der Waals surface area contributed by atoms with Crippen molar-refractivity contribution in [3.8, 4) is 0 Å². The van der Waals surface area contributed by atoms with Gasteiger partial charge in [0.05, 0.1) is 5.69 Å². The average molecular weight is 249 g/mol. The van der Waals surface area contributed by atoms with Crippen molar-refractivity contribution >= 4 is 0 Å². The lowest BCUT2D eigenvalue weighted by atomic mass is 9.94. The summed E-state index contributed by atoms with van der Waals surface area (Å²) in [5.41, 5.74) is 10.1. The highest BCUT2D eigenvalue weighted by atomic mass is 15.3. The molecule has 1 unspecified atom stereocenters. The predicted octanol–water partition coefficient (Wildman–Crippen LogP) is 2.88. The monoisotopic (exact) mass is 249 g/mol. The van der Waals surface area contributed by atoms with Gasteiger partial charge in [0.2, 0.25) is 0 Å². The molecule has 1 atom stereocenters. The summed E-state index contributed by atoms with van der Waals surface area (Å²) in [6.07, 6.45) is 9.04. The zero-order valence-corrected chi connectivity index (χ0v) is 12.1. The van der Waals surface area contributed by atoms with E-state index < -0.39 is 0 Å². The van der Waals surface area contributed by atoms with E-state index in [4.69, 9.17) is 5.73 Å². The first-order valence-corrected chi connectivity index (χ1v) is 7.32. The van der Waals surface area contributed by atoms with E-state index in [1.165, 1.54) is 49.1 Å². The highest BCUT2D eigenvalue weighted by Gasteiger charge is 2.18. The van der Waals surface area contributed by atoms with Crippen LogP contribution in [0.3, 0.4) is 0 Å². The summed E-state index contributed by atoms with van der Waals surface area (Å²) < 4.78 is 1.98. The van der Waals surface area contributed by atoms with Crippen LogP contribution in [0.2, 0.25) is 0 Å². The molecule has 2 rings (SSSR count). The fourth-order valence-electron chi connectivity index (χ4n) is 3.30. The smallest absolute Gasteiger partial charge is 0.0628 e. The number of aryl methyl sites for hydroxylation is 2. The van der Waals surface area contributed by atoms with Crippen molar-refractivity contribution in [1.29, 1.82) is 0 Å². The summed E-state index contributed by atoms with van der Waals surface area (Å²) in [5, 5.41) is 4.47. The number of nitrogens with two attached hydrogens (primary N) is 1. The van der Waals surface area contributed by atoms with Crippen LogP contribution in [0.5, 0.6) is 0 Å². The van der Waals surface area contributed by atoms with Crippen molar-refractivity contribution in [1.82, 2.24) is 9.78 Å². The van der Waals surface area contributed by atoms with Crippen molar-refractivity contribution in [2.24, 2.45) is 18.7 Å². The first-order chi connectivity index (χ1) is 8.58. The highest BCUT2D eigenvalue weighted by molar-refractivity contribution is 5.24. The Morgan fingerprint density at radius 1 is 1.33 bits per heavy atom. The van der Waals surface area contributed by atoms with Gasteiger partial charge in [-0.3, -0.25) is 4.68 Å². The molecule has 1 fully saturated rings. The molecule has 1 saturated carbocycles. The van der Waals surface area contributed by atoms with Crippen molar-refractivity contribution in [2.45, 2.75) is 64.8 Å². The fraction of sp³-hybridized carbons (Fsp3) is 0.800. The van der Waals surface area contributed by atoms with Crippen LogP contribution in [-0.2, 0) is 13.5 Å². The molecule has 0 amide bonds. The molecular formula is C15H27N3. The minimum atomic E-state index is 0.368. The Kier molecular flexibility index (Phi) is 4.44. The Bertz CT molecular complexity index is 389. The van der Waals surface area contributed by atoms with Crippen LogP contribution in [0.1, 0.15) is 55.5 Å². The summed E-state index contributed by atoms with van der Waals surface area (Å²) in [6, 6.07) is 0.368. The third-order valence-electron chi connectivity index (χ3n) is 4.53. The average Bonchev–Trinajstić information content (AvgIpc) is 2.88. The van der Waals surface area contributed by atoms with Gasteiger partial charge in [0, 0.05) is 18.8 Å². The SMILES string of the molecule is Cc1nn(C)c(C)c1CCC(N)CC1CCCC1. The molecule has 0 aliphatic heterocycles. The second kappa shape index (κ2) is 5.87. The maximum atomic E-state index is 6.28. The summed E-state index contributed by atoms with van der Waals surface area (Å²) in [6.45, 7) is 4.25. The van der Waals surface area contributed by atoms with Crippen LogP contribution in [0.15, 0.2) is 0 Å². The Balaban J connectivity index is 1.83. The summed E-state index contributed by atoms with van der Waals surface area (Å²) in [4.78, 5) is 0. The molecule has 3 heteroatoms. The van der Waals surface area contributed by atoms with Gasteiger partial charge in [0.25, 0.3) is 0 Å². The zero-order valence-electron chi connectivity index (χ0n) is 12.1. The molecule has 1 heterocycles. The third kappa shape index (κ3) is 3.14. The molecule has 3 nitrogen and oxygen atoms in total. The van der Waals surface area contributed by atoms with E-state index in [1.54, 1.807) is 0 Å². The molecule has 0 bridgehead atoms. The van der Waals surface area contributed by atoms with Crippen LogP contribution in [-0.4, -0.2) is 15.8 Å². The summed E-state index contributed by atoms with van der Waals surface area (Å²) in [7, 11) is 2.02. The maximum absolute atomic E-state index is 6.28. The molecule has 1 aliphatic rings. The lowest BCUT2D eigenvalue weighted by molar-refractivity contribution is 0.427. The van der Waals surface area contributed by atoms with Gasteiger partial charge < -0.3 is 5.73 Å². The molecular weight excluding hydrogens is 222 g/mol. The normalized spacial score (nSPS) is 18.4. The summed E-state index contributed by atoms with van der Waals surface area (Å²) >= 11 is 0. The van der Waals surface area contributed by atoms with E-state index in [2.05, 4.69) is 18.9 Å². The van der Waals surface area contributed by atoms with Crippen LogP contribution in [0.25, 0.3) is 0 Å². The van der Waals surface area contributed by atoms with Gasteiger partial charge in [-0.25, -0.2) is 0 Å².